The van der Waals surface area contributed by atoms with E-state index in [0.717, 1.165) is 6.42 Å². The van der Waals surface area contributed by atoms with Crippen LogP contribution in [-0.4, -0.2) is 24.7 Å². The Labute approximate surface area is 85.6 Å². The molecule has 0 aromatic heterocycles. The lowest BCUT2D eigenvalue weighted by Gasteiger charge is -2.15. The minimum absolute atomic E-state index is 0. The Kier molecular flexibility index (Phi) is 9.24. The maximum absolute atomic E-state index is 5.73. The number of aliphatic imine (C=N–C) groups is 1. The molecule has 0 unspecified atom stereocenters. The first-order chi connectivity index (χ1) is 5.56. The Morgan fingerprint density at radius 2 is 2.08 bits per heavy atom. The van der Waals surface area contributed by atoms with Crippen LogP contribution in [0.1, 0.15) is 27.2 Å². The highest BCUT2D eigenvalue weighted by Gasteiger charge is 2.08. The maximum Gasteiger partial charge on any atom is 0.135 e. The molecule has 0 aromatic carbocycles. The van der Waals surface area contributed by atoms with Crippen molar-refractivity contribution in [3.05, 3.63) is 0 Å². The van der Waals surface area contributed by atoms with Gasteiger partial charge in [0.25, 0.3) is 0 Å². The lowest BCUT2D eigenvalue weighted by molar-refractivity contribution is 0.161. The molecule has 4 nitrogen and oxygen atoms in total. The molecular formula is C8H18ClN3O. The van der Waals surface area contributed by atoms with Crippen molar-refractivity contribution >= 4 is 18.4 Å². The first-order valence-corrected chi connectivity index (χ1v) is 4.08. The number of hydrogen-bond donors (Lipinski definition) is 1. The van der Waals surface area contributed by atoms with Crippen LogP contribution in [0.2, 0.25) is 0 Å². The summed E-state index contributed by atoms with van der Waals surface area (Å²) in [5.41, 5.74) is 5.56. The molecule has 13 heavy (non-hydrogen) atoms. The van der Waals surface area contributed by atoms with E-state index < -0.39 is 0 Å². The molecular weight excluding hydrogens is 190 g/mol. The fraction of sp³-hybridized carbons (Fsp3) is 0.875. The monoisotopic (exact) mass is 207 g/mol. The van der Waals surface area contributed by atoms with Gasteiger partial charge in [0.1, 0.15) is 12.6 Å². The molecule has 0 radical (unpaired) electrons. The van der Waals surface area contributed by atoms with Crippen LogP contribution in [-0.2, 0) is 4.84 Å². The summed E-state index contributed by atoms with van der Waals surface area (Å²) in [7, 11) is 0. The first-order valence-electron chi connectivity index (χ1n) is 4.08. The van der Waals surface area contributed by atoms with Gasteiger partial charge in [-0.15, -0.1) is 12.4 Å². The molecule has 0 aliphatic rings. The van der Waals surface area contributed by atoms with Gasteiger partial charge < -0.3 is 10.6 Å². The van der Waals surface area contributed by atoms with Crippen molar-refractivity contribution in [2.75, 3.05) is 13.2 Å². The molecule has 0 aromatic rings. The van der Waals surface area contributed by atoms with E-state index in [4.69, 9.17) is 5.73 Å². The number of nitrogens with two attached hydrogens (primary N) is 1. The highest BCUT2D eigenvalue weighted by Crippen LogP contribution is 2.01. The van der Waals surface area contributed by atoms with Crippen molar-refractivity contribution in [1.29, 1.82) is 0 Å². The predicted octanol–water partition coefficient (Wildman–Crippen LogP) is 1.66. The first kappa shape index (κ1) is 14.9. The topological polar surface area (TPSA) is 60.0 Å². The van der Waals surface area contributed by atoms with E-state index in [1.54, 1.807) is 0 Å². The molecule has 0 aliphatic heterocycles. The lowest BCUT2D eigenvalue weighted by Crippen LogP contribution is -2.32. The third-order valence-corrected chi connectivity index (χ3v) is 1.17. The van der Waals surface area contributed by atoms with Crippen LogP contribution in [0.5, 0.6) is 0 Å². The summed E-state index contributed by atoms with van der Waals surface area (Å²) >= 11 is 0. The maximum atomic E-state index is 5.73. The van der Waals surface area contributed by atoms with Crippen LogP contribution in [0, 0.1) is 0 Å². The van der Waals surface area contributed by atoms with Crippen molar-refractivity contribution in [3.63, 3.8) is 0 Å². The van der Waals surface area contributed by atoms with Gasteiger partial charge in [-0.3, -0.25) is 0 Å². The third-order valence-electron chi connectivity index (χ3n) is 1.17. The molecule has 0 rings (SSSR count). The second-order valence-corrected chi connectivity index (χ2v) is 3.23. The van der Waals surface area contributed by atoms with Gasteiger partial charge in [-0.25, -0.2) is 4.99 Å². The summed E-state index contributed by atoms with van der Waals surface area (Å²) < 4.78 is 0. The van der Waals surface area contributed by atoms with Crippen molar-refractivity contribution < 1.29 is 4.84 Å². The fourth-order valence-corrected chi connectivity index (χ4v) is 0.516. The summed E-state index contributed by atoms with van der Waals surface area (Å²) in [6.45, 7) is 6.96. The van der Waals surface area contributed by atoms with Gasteiger partial charge in [-0.1, -0.05) is 0 Å². The summed E-state index contributed by atoms with van der Waals surface area (Å²) in [5.74, 6) is 0. The molecule has 0 saturated heterocycles. The van der Waals surface area contributed by atoms with Crippen molar-refractivity contribution in [2.24, 2.45) is 15.9 Å². The summed E-state index contributed by atoms with van der Waals surface area (Å²) in [5, 5.41) is 3.45. The smallest absolute Gasteiger partial charge is 0.135 e. The Bertz CT molecular complexity index is 171. The Morgan fingerprint density at radius 1 is 1.46 bits per heavy atom. The molecule has 0 saturated carbocycles. The zero-order valence-electron chi connectivity index (χ0n) is 8.41. The highest BCUT2D eigenvalue weighted by atomic mass is 35.5. The van der Waals surface area contributed by atoms with Crippen LogP contribution in [0.4, 0.5) is 0 Å². The van der Waals surface area contributed by atoms with Gasteiger partial charge in [0.15, 0.2) is 0 Å². The van der Waals surface area contributed by atoms with Gasteiger partial charge in [-0.2, -0.15) is 0 Å². The van der Waals surface area contributed by atoms with Gasteiger partial charge in [-0.05, 0) is 32.3 Å². The number of hydrogen-bond acceptors (Lipinski definition) is 4. The zero-order valence-corrected chi connectivity index (χ0v) is 9.23. The second-order valence-electron chi connectivity index (χ2n) is 3.23. The molecule has 0 bridgehead atoms. The minimum Gasteiger partial charge on any atom is -0.388 e. The van der Waals surface area contributed by atoms with E-state index in [0.29, 0.717) is 13.2 Å². The van der Waals surface area contributed by atoms with E-state index in [2.05, 4.69) is 21.0 Å². The largest absolute Gasteiger partial charge is 0.388 e. The van der Waals surface area contributed by atoms with Crippen LogP contribution >= 0.6 is 12.4 Å². The average Bonchev–Trinajstić information content (AvgIpc) is 1.94. The Balaban J connectivity index is 0. The third kappa shape index (κ3) is 14.3. The fourth-order valence-electron chi connectivity index (χ4n) is 0.516. The van der Waals surface area contributed by atoms with Crippen LogP contribution in [0.15, 0.2) is 10.1 Å². The SMILES string of the molecule is CCON=C=NCCC(C)(C)N.Cl. The molecule has 0 spiro atoms. The summed E-state index contributed by atoms with van der Waals surface area (Å²) in [6, 6.07) is 2.43. The highest BCUT2D eigenvalue weighted by molar-refractivity contribution is 5.85. The summed E-state index contributed by atoms with van der Waals surface area (Å²) in [6.07, 6.45) is 0.821. The second kappa shape index (κ2) is 8.05. The minimum atomic E-state index is -0.170. The van der Waals surface area contributed by atoms with E-state index in [1.807, 2.05) is 20.8 Å². The van der Waals surface area contributed by atoms with Crippen LogP contribution in [0.25, 0.3) is 0 Å². The number of nitrogens with zero attached hydrogens (tertiary/aromatic N) is 2. The van der Waals surface area contributed by atoms with Crippen LogP contribution < -0.4 is 5.73 Å². The predicted molar refractivity (Wildman–Crippen MR) is 56.5 cm³/mol. The molecule has 0 fully saturated rings. The van der Waals surface area contributed by atoms with Crippen molar-refractivity contribution in [2.45, 2.75) is 32.7 Å². The molecule has 0 aliphatic carbocycles. The number of rotatable bonds is 5. The number of halogens is 1. The van der Waals surface area contributed by atoms with E-state index >= 15 is 0 Å². The van der Waals surface area contributed by atoms with E-state index in [9.17, 15) is 0 Å². The van der Waals surface area contributed by atoms with Gasteiger partial charge >= 0.3 is 0 Å². The normalized spacial score (nSPS) is 9.54. The van der Waals surface area contributed by atoms with E-state index in [-0.39, 0.29) is 17.9 Å². The Morgan fingerprint density at radius 3 is 2.54 bits per heavy atom. The van der Waals surface area contributed by atoms with Gasteiger partial charge in [0.05, 0.1) is 6.54 Å². The van der Waals surface area contributed by atoms with Gasteiger partial charge in [0, 0.05) is 5.54 Å². The lowest BCUT2D eigenvalue weighted by atomic mass is 10.0. The zero-order chi connectivity index (χ0) is 9.45. The summed E-state index contributed by atoms with van der Waals surface area (Å²) in [4.78, 5) is 8.53. The van der Waals surface area contributed by atoms with Crippen molar-refractivity contribution in [3.8, 4) is 0 Å². The Hall–Kier alpha value is -0.570. The molecule has 78 valence electrons. The average molecular weight is 208 g/mol. The standard InChI is InChI=1S/C8H17N3O.ClH/c1-4-12-11-7-10-6-5-8(2,3)9;/h4-6,9H2,1-3H3;1H. The molecule has 0 atom stereocenters. The van der Waals surface area contributed by atoms with E-state index in [1.165, 1.54) is 0 Å². The quantitative estimate of drug-likeness (QED) is 0.551. The van der Waals surface area contributed by atoms with Crippen LogP contribution in [0.3, 0.4) is 0 Å². The molecule has 0 amide bonds. The van der Waals surface area contributed by atoms with Crippen molar-refractivity contribution in [1.82, 2.24) is 0 Å². The molecule has 5 heteroatoms. The molecule has 0 heterocycles. The molecule has 2 N–H and O–H groups in total. The van der Waals surface area contributed by atoms with Gasteiger partial charge in [0.2, 0.25) is 0 Å².